The number of halogens is 4. The van der Waals surface area contributed by atoms with Crippen LogP contribution in [0.1, 0.15) is 16.7 Å². The number of rotatable bonds is 2. The molecule has 2 aliphatic rings. The zero-order valence-corrected chi connectivity index (χ0v) is 14.8. The predicted octanol–water partition coefficient (Wildman–Crippen LogP) is 4.27. The number of amides is 1. The first-order valence-corrected chi connectivity index (χ1v) is 8.75. The molecule has 5 nitrogen and oxygen atoms in total. The Hall–Kier alpha value is -2.48. The van der Waals surface area contributed by atoms with Gasteiger partial charge in [0.2, 0.25) is 0 Å². The fourth-order valence-electron chi connectivity index (χ4n) is 3.45. The molecule has 1 amide bonds. The van der Waals surface area contributed by atoms with Crippen LogP contribution in [-0.2, 0) is 23.9 Å². The molecule has 0 unspecified atom stereocenters. The summed E-state index contributed by atoms with van der Waals surface area (Å²) in [6.07, 6.45) is -3.43. The van der Waals surface area contributed by atoms with Crippen LogP contribution < -0.4 is 9.80 Å². The summed E-state index contributed by atoms with van der Waals surface area (Å²) in [5.41, 5.74) is 1.97. The number of pyridine rings is 1. The zero-order chi connectivity index (χ0) is 19.2. The summed E-state index contributed by atoms with van der Waals surface area (Å²) in [6.45, 7) is 1.85. The summed E-state index contributed by atoms with van der Waals surface area (Å²) in [4.78, 5) is 19.3. The van der Waals surface area contributed by atoms with E-state index in [0.717, 1.165) is 29.1 Å². The van der Waals surface area contributed by atoms with Crippen LogP contribution in [0.3, 0.4) is 0 Å². The lowest BCUT2D eigenvalue weighted by molar-refractivity contribution is -0.137. The van der Waals surface area contributed by atoms with Crippen molar-refractivity contribution in [3.05, 3.63) is 52.2 Å². The molecule has 0 aliphatic carbocycles. The van der Waals surface area contributed by atoms with Crippen molar-refractivity contribution in [1.29, 1.82) is 0 Å². The molecule has 0 bridgehead atoms. The number of hydrogen-bond donors (Lipinski definition) is 0. The smallest absolute Gasteiger partial charge is 0.417 e. The topological polar surface area (TPSA) is 45.7 Å². The number of anilines is 2. The van der Waals surface area contributed by atoms with Crippen molar-refractivity contribution >= 4 is 29.2 Å². The lowest BCUT2D eigenvalue weighted by Gasteiger charge is -2.32. The van der Waals surface area contributed by atoms with Crippen LogP contribution in [0.25, 0.3) is 0 Å². The lowest BCUT2D eigenvalue weighted by atomic mass is 9.97. The minimum absolute atomic E-state index is 0.0347. The first kappa shape index (κ1) is 17.9. The van der Waals surface area contributed by atoms with Gasteiger partial charge >= 0.3 is 12.3 Å². The number of fused-ring (bicyclic) bond motifs is 1. The van der Waals surface area contributed by atoms with E-state index < -0.39 is 11.7 Å². The van der Waals surface area contributed by atoms with Crippen LogP contribution in [0.2, 0.25) is 5.02 Å². The van der Waals surface area contributed by atoms with Gasteiger partial charge in [0.25, 0.3) is 0 Å². The van der Waals surface area contributed by atoms with Crippen LogP contribution >= 0.6 is 11.6 Å². The average Bonchev–Trinajstić information content (AvgIpc) is 3.05. The van der Waals surface area contributed by atoms with Gasteiger partial charge in [0.15, 0.2) is 0 Å². The second kappa shape index (κ2) is 6.60. The molecular formula is C18H15ClF3N3O2. The van der Waals surface area contributed by atoms with Gasteiger partial charge in [-0.1, -0.05) is 23.7 Å². The van der Waals surface area contributed by atoms with E-state index in [1.165, 1.54) is 0 Å². The van der Waals surface area contributed by atoms with Crippen molar-refractivity contribution in [3.63, 3.8) is 0 Å². The number of alkyl halides is 3. The first-order valence-electron chi connectivity index (χ1n) is 8.37. The maximum atomic E-state index is 12.8. The summed E-state index contributed by atoms with van der Waals surface area (Å²) in [5, 5.41) is -0.0347. The third-order valence-electron chi connectivity index (χ3n) is 4.74. The molecule has 3 heterocycles. The summed E-state index contributed by atoms with van der Waals surface area (Å²) < 4.78 is 43.4. The lowest BCUT2D eigenvalue weighted by Crippen LogP contribution is -2.33. The molecule has 27 heavy (non-hydrogen) atoms. The number of carbonyl (C=O) groups is 1. The fourth-order valence-corrected chi connectivity index (χ4v) is 3.74. The highest BCUT2D eigenvalue weighted by Crippen LogP contribution is 2.36. The van der Waals surface area contributed by atoms with Gasteiger partial charge in [0, 0.05) is 19.3 Å². The van der Waals surface area contributed by atoms with E-state index in [9.17, 15) is 18.0 Å². The van der Waals surface area contributed by atoms with Gasteiger partial charge in [-0.05, 0) is 29.7 Å². The second-order valence-corrected chi connectivity index (χ2v) is 6.79. The van der Waals surface area contributed by atoms with Gasteiger partial charge in [-0.2, -0.15) is 13.2 Å². The molecule has 1 fully saturated rings. The molecular weight excluding hydrogens is 383 g/mol. The Labute approximate surface area is 158 Å². The number of nitrogens with zero attached hydrogens (tertiary/aromatic N) is 3. The van der Waals surface area contributed by atoms with Crippen molar-refractivity contribution in [2.45, 2.75) is 19.1 Å². The second-order valence-electron chi connectivity index (χ2n) is 6.38. The molecule has 0 spiro atoms. The summed E-state index contributed by atoms with van der Waals surface area (Å²) >= 11 is 6.08. The Morgan fingerprint density at radius 1 is 1.22 bits per heavy atom. The molecule has 142 valence electrons. The summed E-state index contributed by atoms with van der Waals surface area (Å²) in [7, 11) is 0. The van der Waals surface area contributed by atoms with Crippen molar-refractivity contribution in [2.24, 2.45) is 0 Å². The normalized spacial score (nSPS) is 17.1. The van der Waals surface area contributed by atoms with Crippen molar-refractivity contribution < 1.29 is 22.7 Å². The highest BCUT2D eigenvalue weighted by molar-refractivity contribution is 6.33. The van der Waals surface area contributed by atoms with Crippen LogP contribution in [0.15, 0.2) is 30.5 Å². The quantitative estimate of drug-likeness (QED) is 0.759. The maximum absolute atomic E-state index is 12.8. The number of cyclic esters (lactones) is 1. The number of hydrogen-bond acceptors (Lipinski definition) is 4. The molecule has 0 N–H and O–H groups in total. The maximum Gasteiger partial charge on any atom is 0.417 e. The molecule has 0 atom stereocenters. The van der Waals surface area contributed by atoms with Crippen molar-refractivity contribution in [1.82, 2.24) is 4.98 Å². The van der Waals surface area contributed by atoms with Crippen LogP contribution in [0.5, 0.6) is 0 Å². The van der Waals surface area contributed by atoms with E-state index in [0.29, 0.717) is 38.5 Å². The Morgan fingerprint density at radius 3 is 2.70 bits per heavy atom. The molecule has 2 aliphatic heterocycles. The van der Waals surface area contributed by atoms with E-state index in [4.69, 9.17) is 16.3 Å². The van der Waals surface area contributed by atoms with Gasteiger partial charge in [0.1, 0.15) is 12.4 Å². The van der Waals surface area contributed by atoms with Crippen LogP contribution in [-0.4, -0.2) is 30.8 Å². The number of benzene rings is 1. The van der Waals surface area contributed by atoms with E-state index in [1.807, 2.05) is 23.1 Å². The average molecular weight is 398 g/mol. The fraction of sp³-hybridized carbons (Fsp3) is 0.333. The van der Waals surface area contributed by atoms with Crippen molar-refractivity contribution in [3.8, 4) is 0 Å². The highest BCUT2D eigenvalue weighted by Gasteiger charge is 2.33. The van der Waals surface area contributed by atoms with Crippen LogP contribution in [0.4, 0.5) is 29.5 Å². The first-order chi connectivity index (χ1) is 12.8. The highest BCUT2D eigenvalue weighted by atomic mass is 35.5. The predicted molar refractivity (Wildman–Crippen MR) is 94.1 cm³/mol. The van der Waals surface area contributed by atoms with E-state index in [1.54, 1.807) is 4.90 Å². The summed E-state index contributed by atoms with van der Waals surface area (Å²) in [6, 6.07) is 6.57. The Morgan fingerprint density at radius 2 is 2.04 bits per heavy atom. The Kier molecular flexibility index (Phi) is 4.38. The molecule has 1 aromatic carbocycles. The van der Waals surface area contributed by atoms with Gasteiger partial charge in [-0.15, -0.1) is 0 Å². The molecule has 0 radical (unpaired) electrons. The summed E-state index contributed by atoms with van der Waals surface area (Å²) in [5.74, 6) is 0.321. The Bertz CT molecular complexity index is 904. The third-order valence-corrected chi connectivity index (χ3v) is 5.02. The molecule has 0 saturated carbocycles. The minimum Gasteiger partial charge on any atom is -0.447 e. The number of aromatic nitrogens is 1. The van der Waals surface area contributed by atoms with Gasteiger partial charge < -0.3 is 9.64 Å². The number of carbonyl (C=O) groups excluding carboxylic acids is 1. The van der Waals surface area contributed by atoms with Crippen molar-refractivity contribution in [2.75, 3.05) is 29.5 Å². The molecule has 9 heteroatoms. The third kappa shape index (κ3) is 3.29. The Balaban J connectivity index is 1.62. The minimum atomic E-state index is -4.48. The van der Waals surface area contributed by atoms with E-state index in [-0.39, 0.29) is 11.1 Å². The molecule has 4 rings (SSSR count). The van der Waals surface area contributed by atoms with Crippen LogP contribution in [0, 0.1) is 0 Å². The largest absolute Gasteiger partial charge is 0.447 e. The zero-order valence-electron chi connectivity index (χ0n) is 14.1. The van der Waals surface area contributed by atoms with Gasteiger partial charge in [-0.3, -0.25) is 4.90 Å². The SMILES string of the molecule is O=C1OCCN1c1cccc2c1CCN(c1ncc(C(F)(F)F)cc1Cl)C2. The van der Waals surface area contributed by atoms with E-state index >= 15 is 0 Å². The molecule has 1 aromatic heterocycles. The molecule has 1 saturated heterocycles. The number of ether oxygens (including phenoxy) is 1. The van der Waals surface area contributed by atoms with E-state index in [2.05, 4.69) is 4.98 Å². The molecule has 2 aromatic rings. The standard InChI is InChI=1S/C18H15ClF3N3O2/c19-14-8-12(18(20,21)22)9-23-16(14)24-5-4-13-11(10-24)2-1-3-15(13)25-6-7-27-17(25)26/h1-3,8-9H,4-7,10H2. The monoisotopic (exact) mass is 397 g/mol. The van der Waals surface area contributed by atoms with Gasteiger partial charge in [-0.25, -0.2) is 9.78 Å². The van der Waals surface area contributed by atoms with Gasteiger partial charge in [0.05, 0.1) is 22.8 Å².